The Morgan fingerprint density at radius 1 is 1.33 bits per heavy atom. The molecule has 0 saturated carbocycles. The molecule has 0 atom stereocenters. The Morgan fingerprint density at radius 2 is 2.14 bits per heavy atom. The summed E-state index contributed by atoms with van der Waals surface area (Å²) >= 11 is 1.66. The van der Waals surface area contributed by atoms with Gasteiger partial charge in [-0.05, 0) is 23.6 Å². The van der Waals surface area contributed by atoms with E-state index in [1.54, 1.807) is 27.1 Å². The van der Waals surface area contributed by atoms with Crippen molar-refractivity contribution in [3.05, 3.63) is 59.3 Å². The first-order valence-electron chi connectivity index (χ1n) is 6.64. The van der Waals surface area contributed by atoms with Gasteiger partial charge in [0.2, 0.25) is 5.91 Å². The maximum absolute atomic E-state index is 12.2. The topological polar surface area (TPSA) is 43.1 Å². The molecule has 0 fully saturated rings. The van der Waals surface area contributed by atoms with Crippen molar-refractivity contribution in [2.75, 3.05) is 7.05 Å². The molecule has 0 radical (unpaired) electrons. The van der Waals surface area contributed by atoms with E-state index in [1.165, 1.54) is 4.88 Å². The summed E-state index contributed by atoms with van der Waals surface area (Å²) in [5.41, 5.74) is 0.953. The van der Waals surface area contributed by atoms with Crippen LogP contribution in [-0.2, 0) is 17.9 Å². The molecule has 0 aliphatic rings. The largest absolute Gasteiger partial charge is 0.339 e. The quantitative estimate of drug-likeness (QED) is 0.726. The van der Waals surface area contributed by atoms with Crippen LogP contribution in [-0.4, -0.2) is 32.2 Å². The molecule has 3 aromatic rings. The average molecular weight is 300 g/mol. The van der Waals surface area contributed by atoms with Gasteiger partial charge in [-0.3, -0.25) is 9.48 Å². The molecular formula is C15H16N4OS. The third-order valence-corrected chi connectivity index (χ3v) is 4.08. The molecule has 0 unspecified atom stereocenters. The van der Waals surface area contributed by atoms with E-state index in [0.717, 1.165) is 5.69 Å². The Kier molecular flexibility index (Phi) is 3.87. The van der Waals surface area contributed by atoms with Crippen molar-refractivity contribution >= 4 is 17.2 Å². The fourth-order valence-corrected chi connectivity index (χ4v) is 2.82. The van der Waals surface area contributed by atoms with Crippen LogP contribution in [0.4, 0.5) is 0 Å². The monoisotopic (exact) mass is 300 g/mol. The molecular weight excluding hydrogens is 284 g/mol. The van der Waals surface area contributed by atoms with Gasteiger partial charge in [-0.25, -0.2) is 0 Å². The second kappa shape index (κ2) is 5.97. The normalized spacial score (nSPS) is 10.7. The Bertz CT molecular complexity index is 700. The number of carbonyl (C=O) groups excluding carboxylic acids is 1. The molecule has 0 bridgehead atoms. The van der Waals surface area contributed by atoms with Gasteiger partial charge >= 0.3 is 0 Å². The molecule has 21 heavy (non-hydrogen) atoms. The number of rotatable bonds is 5. The zero-order valence-corrected chi connectivity index (χ0v) is 12.5. The van der Waals surface area contributed by atoms with Gasteiger partial charge in [-0.15, -0.1) is 11.3 Å². The number of amides is 1. The van der Waals surface area contributed by atoms with Crippen LogP contribution >= 0.6 is 11.3 Å². The second-order valence-corrected chi connectivity index (χ2v) is 5.85. The van der Waals surface area contributed by atoms with Crippen molar-refractivity contribution in [1.29, 1.82) is 0 Å². The molecule has 0 N–H and O–H groups in total. The number of likely N-dealkylation sites (N-methyl/N-ethyl adjacent to an activating group) is 1. The van der Waals surface area contributed by atoms with Crippen molar-refractivity contribution in [2.45, 2.75) is 13.1 Å². The predicted molar refractivity (Wildman–Crippen MR) is 82.3 cm³/mol. The Balaban J connectivity index is 1.62. The lowest BCUT2D eigenvalue weighted by atomic mass is 10.4. The lowest BCUT2D eigenvalue weighted by Gasteiger charge is -2.16. The second-order valence-electron chi connectivity index (χ2n) is 4.82. The van der Waals surface area contributed by atoms with E-state index >= 15 is 0 Å². The molecule has 0 aliphatic carbocycles. The van der Waals surface area contributed by atoms with Crippen molar-refractivity contribution in [1.82, 2.24) is 19.2 Å². The summed E-state index contributed by atoms with van der Waals surface area (Å²) in [4.78, 5) is 15.1. The summed E-state index contributed by atoms with van der Waals surface area (Å²) < 4.78 is 3.63. The van der Waals surface area contributed by atoms with E-state index in [-0.39, 0.29) is 12.5 Å². The van der Waals surface area contributed by atoms with Gasteiger partial charge < -0.3 is 9.47 Å². The minimum Gasteiger partial charge on any atom is -0.339 e. The van der Waals surface area contributed by atoms with E-state index in [4.69, 9.17) is 0 Å². The number of carbonyl (C=O) groups is 1. The highest BCUT2D eigenvalue weighted by Crippen LogP contribution is 2.11. The molecule has 3 rings (SSSR count). The van der Waals surface area contributed by atoms with Crippen molar-refractivity contribution < 1.29 is 4.79 Å². The van der Waals surface area contributed by atoms with Gasteiger partial charge in [0.15, 0.2) is 0 Å². The predicted octanol–water partition coefficient (Wildman–Crippen LogP) is 2.39. The number of nitrogens with zero attached hydrogens (tertiary/aromatic N) is 4. The van der Waals surface area contributed by atoms with Crippen LogP contribution in [0.15, 0.2) is 54.4 Å². The molecule has 0 aromatic carbocycles. The molecule has 3 aromatic heterocycles. The maximum Gasteiger partial charge on any atom is 0.244 e. The van der Waals surface area contributed by atoms with Gasteiger partial charge in [-0.2, -0.15) is 5.10 Å². The molecule has 3 heterocycles. The standard InChI is InChI=1S/C15H16N4OS/c1-17(11-14-5-4-8-21-14)15(20)12-19-10-13(9-16-19)18-6-2-3-7-18/h2-10H,11-12H2,1H3. The van der Waals surface area contributed by atoms with Gasteiger partial charge in [-0.1, -0.05) is 6.07 Å². The summed E-state index contributed by atoms with van der Waals surface area (Å²) in [5.74, 6) is 0.0468. The van der Waals surface area contributed by atoms with Gasteiger partial charge in [0, 0.05) is 30.5 Å². The molecule has 0 spiro atoms. The molecule has 0 saturated heterocycles. The molecule has 1 amide bonds. The fraction of sp³-hybridized carbons (Fsp3) is 0.200. The number of thiophene rings is 1. The minimum absolute atomic E-state index is 0.0468. The van der Waals surface area contributed by atoms with Crippen LogP contribution in [0.2, 0.25) is 0 Å². The van der Waals surface area contributed by atoms with Crippen molar-refractivity contribution in [3.63, 3.8) is 0 Å². The number of hydrogen-bond acceptors (Lipinski definition) is 3. The SMILES string of the molecule is CN(Cc1cccs1)C(=O)Cn1cc(-n2cccc2)cn1. The van der Waals surface area contributed by atoms with Crippen molar-refractivity contribution in [2.24, 2.45) is 0 Å². The lowest BCUT2D eigenvalue weighted by molar-refractivity contribution is -0.131. The lowest BCUT2D eigenvalue weighted by Crippen LogP contribution is -2.29. The summed E-state index contributed by atoms with van der Waals surface area (Å²) in [7, 11) is 1.82. The first-order chi connectivity index (χ1) is 10.2. The first-order valence-corrected chi connectivity index (χ1v) is 7.52. The zero-order chi connectivity index (χ0) is 14.7. The van der Waals surface area contributed by atoms with Gasteiger partial charge in [0.25, 0.3) is 0 Å². The number of aromatic nitrogens is 3. The minimum atomic E-state index is 0.0468. The summed E-state index contributed by atoms with van der Waals surface area (Å²) in [6.45, 7) is 0.894. The van der Waals surface area contributed by atoms with E-state index in [1.807, 2.05) is 59.9 Å². The van der Waals surface area contributed by atoms with Crippen LogP contribution in [0, 0.1) is 0 Å². The smallest absolute Gasteiger partial charge is 0.244 e. The van der Waals surface area contributed by atoms with Crippen LogP contribution in [0.3, 0.4) is 0 Å². The van der Waals surface area contributed by atoms with Gasteiger partial charge in [0.1, 0.15) is 6.54 Å². The Labute approximate surface area is 127 Å². The van der Waals surface area contributed by atoms with Crippen LogP contribution in [0.25, 0.3) is 5.69 Å². The summed E-state index contributed by atoms with van der Waals surface area (Å²) in [6.07, 6.45) is 7.53. The molecule has 108 valence electrons. The van der Waals surface area contributed by atoms with E-state index < -0.39 is 0 Å². The third-order valence-electron chi connectivity index (χ3n) is 3.22. The third kappa shape index (κ3) is 3.22. The molecule has 6 heteroatoms. The summed E-state index contributed by atoms with van der Waals surface area (Å²) in [6, 6.07) is 7.94. The van der Waals surface area contributed by atoms with Crippen LogP contribution in [0.1, 0.15) is 4.88 Å². The summed E-state index contributed by atoms with van der Waals surface area (Å²) in [5, 5.41) is 6.26. The highest BCUT2D eigenvalue weighted by Gasteiger charge is 2.11. The van der Waals surface area contributed by atoms with Gasteiger partial charge in [0.05, 0.1) is 18.4 Å². The molecule has 0 aliphatic heterocycles. The first kappa shape index (κ1) is 13.6. The van der Waals surface area contributed by atoms with Crippen LogP contribution < -0.4 is 0 Å². The maximum atomic E-state index is 12.2. The van der Waals surface area contributed by atoms with E-state index in [2.05, 4.69) is 5.10 Å². The average Bonchev–Trinajstić information content (AvgIpc) is 3.20. The van der Waals surface area contributed by atoms with E-state index in [9.17, 15) is 4.79 Å². The Morgan fingerprint density at radius 3 is 2.86 bits per heavy atom. The highest BCUT2D eigenvalue weighted by molar-refractivity contribution is 7.09. The highest BCUT2D eigenvalue weighted by atomic mass is 32.1. The Hall–Kier alpha value is -2.34. The van der Waals surface area contributed by atoms with E-state index in [0.29, 0.717) is 6.54 Å². The zero-order valence-electron chi connectivity index (χ0n) is 11.7. The molecule has 5 nitrogen and oxygen atoms in total. The van der Waals surface area contributed by atoms with Crippen molar-refractivity contribution in [3.8, 4) is 5.69 Å². The fourth-order valence-electron chi connectivity index (χ4n) is 2.06. The van der Waals surface area contributed by atoms with Crippen LogP contribution in [0.5, 0.6) is 0 Å². The number of hydrogen-bond donors (Lipinski definition) is 0.